The summed E-state index contributed by atoms with van der Waals surface area (Å²) in [7, 11) is 0. The molecule has 0 radical (unpaired) electrons. The largest absolute Gasteiger partial charge is 0.304 e. The number of carbonyl (C=O) groups excluding carboxylic acids is 1. The van der Waals surface area contributed by atoms with Crippen molar-refractivity contribution in [2.45, 2.75) is 53.5 Å². The van der Waals surface area contributed by atoms with E-state index in [1.807, 2.05) is 57.2 Å². The molecule has 2 heterocycles. The molecule has 0 aliphatic rings. The van der Waals surface area contributed by atoms with Crippen LogP contribution < -0.4 is 5.32 Å². The van der Waals surface area contributed by atoms with Crippen molar-refractivity contribution in [2.75, 3.05) is 5.32 Å². The van der Waals surface area contributed by atoms with Crippen molar-refractivity contribution in [3.05, 3.63) is 47.9 Å². The highest BCUT2D eigenvalue weighted by atomic mass is 16.2. The van der Waals surface area contributed by atoms with Gasteiger partial charge in [0.1, 0.15) is 5.82 Å². The zero-order valence-corrected chi connectivity index (χ0v) is 17.3. The number of benzene rings is 1. The highest BCUT2D eigenvalue weighted by molar-refractivity contribution is 6.01. The van der Waals surface area contributed by atoms with Crippen LogP contribution in [0.15, 0.2) is 36.4 Å². The summed E-state index contributed by atoms with van der Waals surface area (Å²) in [5, 5.41) is 19.6. The smallest absolute Gasteiger partial charge is 0.298 e. The molecule has 28 heavy (non-hydrogen) atoms. The number of para-hydroxylation sites is 1. The number of hydrogen-bond donors (Lipinski definition) is 1. The first kappa shape index (κ1) is 19.7. The number of nitrogens with zero attached hydrogens (tertiary/aromatic N) is 6. The average Bonchev–Trinajstić information content (AvgIpc) is 3.21. The van der Waals surface area contributed by atoms with Gasteiger partial charge in [-0.15, -0.1) is 10.2 Å². The van der Waals surface area contributed by atoms with Gasteiger partial charge in [-0.2, -0.15) is 9.90 Å². The minimum Gasteiger partial charge on any atom is -0.304 e. The maximum Gasteiger partial charge on any atom is 0.298 e. The Labute approximate surface area is 164 Å². The van der Waals surface area contributed by atoms with E-state index >= 15 is 0 Å². The molecular formula is C20H27N7O. The Kier molecular flexibility index (Phi) is 5.06. The minimum absolute atomic E-state index is 0.0214. The molecule has 0 fully saturated rings. The topological polar surface area (TPSA) is 90.5 Å². The number of hydrogen-bond acceptors (Lipinski definition) is 5. The summed E-state index contributed by atoms with van der Waals surface area (Å²) in [6.45, 7) is 12.3. The van der Waals surface area contributed by atoms with Crippen molar-refractivity contribution < 1.29 is 4.79 Å². The SMILES string of the molecule is CC(C)(C)Cc1cc(NC(=O)c2nnn(C(C)(C)C)n2)n(-c2ccccc2)n1. The van der Waals surface area contributed by atoms with Crippen LogP contribution in [0.5, 0.6) is 0 Å². The molecule has 0 unspecified atom stereocenters. The molecule has 0 atom stereocenters. The Morgan fingerprint density at radius 2 is 1.71 bits per heavy atom. The maximum absolute atomic E-state index is 12.7. The van der Waals surface area contributed by atoms with E-state index in [-0.39, 0.29) is 16.8 Å². The summed E-state index contributed by atoms with van der Waals surface area (Å²) < 4.78 is 1.73. The number of rotatable bonds is 4. The van der Waals surface area contributed by atoms with Gasteiger partial charge in [0.2, 0.25) is 0 Å². The van der Waals surface area contributed by atoms with Crippen LogP contribution in [0.2, 0.25) is 0 Å². The van der Waals surface area contributed by atoms with Gasteiger partial charge in [-0.25, -0.2) is 4.68 Å². The Bertz CT molecular complexity index is 959. The van der Waals surface area contributed by atoms with Gasteiger partial charge in [0.25, 0.3) is 11.7 Å². The lowest BCUT2D eigenvalue weighted by atomic mass is 9.91. The molecule has 2 aromatic heterocycles. The Morgan fingerprint density at radius 3 is 2.29 bits per heavy atom. The third-order valence-corrected chi connectivity index (χ3v) is 3.93. The van der Waals surface area contributed by atoms with E-state index in [2.05, 4.69) is 41.5 Å². The molecule has 1 N–H and O–H groups in total. The molecule has 0 saturated carbocycles. The van der Waals surface area contributed by atoms with E-state index in [0.717, 1.165) is 17.8 Å². The van der Waals surface area contributed by atoms with Crippen LogP contribution >= 0.6 is 0 Å². The van der Waals surface area contributed by atoms with Crippen molar-refractivity contribution >= 4 is 11.7 Å². The summed E-state index contributed by atoms with van der Waals surface area (Å²) in [6, 6.07) is 11.6. The first-order valence-corrected chi connectivity index (χ1v) is 9.29. The molecule has 0 bridgehead atoms. The van der Waals surface area contributed by atoms with Crippen molar-refractivity contribution in [3.8, 4) is 5.69 Å². The molecule has 0 spiro atoms. The van der Waals surface area contributed by atoms with Crippen molar-refractivity contribution in [3.63, 3.8) is 0 Å². The van der Waals surface area contributed by atoms with Crippen LogP contribution in [0.25, 0.3) is 5.69 Å². The third kappa shape index (κ3) is 4.62. The number of amides is 1. The molecule has 0 saturated heterocycles. The van der Waals surface area contributed by atoms with E-state index in [9.17, 15) is 4.79 Å². The molecule has 3 aromatic rings. The highest BCUT2D eigenvalue weighted by Crippen LogP contribution is 2.24. The molecule has 1 amide bonds. The van der Waals surface area contributed by atoms with Crippen LogP contribution in [-0.2, 0) is 12.0 Å². The van der Waals surface area contributed by atoms with Gasteiger partial charge in [-0.3, -0.25) is 4.79 Å². The van der Waals surface area contributed by atoms with Crippen LogP contribution in [0.1, 0.15) is 57.9 Å². The van der Waals surface area contributed by atoms with Crippen LogP contribution in [0, 0.1) is 5.41 Å². The fraction of sp³-hybridized carbons (Fsp3) is 0.450. The lowest BCUT2D eigenvalue weighted by molar-refractivity contribution is 0.101. The second-order valence-corrected chi connectivity index (χ2v) is 9.03. The number of aromatic nitrogens is 6. The second kappa shape index (κ2) is 7.18. The number of anilines is 1. The van der Waals surface area contributed by atoms with Gasteiger partial charge < -0.3 is 5.32 Å². The Morgan fingerprint density at radius 1 is 1.04 bits per heavy atom. The molecule has 8 heteroatoms. The quantitative estimate of drug-likeness (QED) is 0.747. The number of tetrazole rings is 1. The Hall–Kier alpha value is -3.03. The predicted molar refractivity (Wildman–Crippen MR) is 107 cm³/mol. The first-order valence-electron chi connectivity index (χ1n) is 9.29. The van der Waals surface area contributed by atoms with Crippen molar-refractivity contribution in [1.29, 1.82) is 0 Å². The predicted octanol–water partition coefficient (Wildman–Crippen LogP) is 3.45. The lowest BCUT2D eigenvalue weighted by Crippen LogP contribution is -2.25. The molecular weight excluding hydrogens is 354 g/mol. The standard InChI is InChI=1S/C20H27N7O/c1-19(2,3)13-14-12-16(26(23-14)15-10-8-7-9-11-15)21-18(28)17-22-25-27(24-17)20(4,5)6/h7-12H,13H2,1-6H3,(H,21,28). The molecule has 8 nitrogen and oxygen atoms in total. The lowest BCUT2D eigenvalue weighted by Gasteiger charge is -2.15. The molecule has 148 valence electrons. The zero-order chi connectivity index (χ0) is 20.5. The monoisotopic (exact) mass is 381 g/mol. The zero-order valence-electron chi connectivity index (χ0n) is 17.3. The molecule has 0 aliphatic heterocycles. The van der Waals surface area contributed by atoms with Gasteiger partial charge >= 0.3 is 0 Å². The van der Waals surface area contributed by atoms with Gasteiger partial charge in [-0.1, -0.05) is 39.0 Å². The highest BCUT2D eigenvalue weighted by Gasteiger charge is 2.22. The van der Waals surface area contributed by atoms with E-state index in [4.69, 9.17) is 5.10 Å². The summed E-state index contributed by atoms with van der Waals surface area (Å²) in [4.78, 5) is 14.1. The van der Waals surface area contributed by atoms with E-state index in [0.29, 0.717) is 5.82 Å². The van der Waals surface area contributed by atoms with Gasteiger partial charge in [0, 0.05) is 6.07 Å². The van der Waals surface area contributed by atoms with E-state index in [1.54, 1.807) is 4.68 Å². The minimum atomic E-state index is -0.421. The summed E-state index contributed by atoms with van der Waals surface area (Å²) in [5.74, 6) is 0.172. The third-order valence-electron chi connectivity index (χ3n) is 3.93. The van der Waals surface area contributed by atoms with Crippen LogP contribution in [0.3, 0.4) is 0 Å². The average molecular weight is 381 g/mol. The number of carbonyl (C=O) groups is 1. The summed E-state index contributed by atoms with van der Waals surface area (Å²) in [6.07, 6.45) is 0.786. The Balaban J connectivity index is 1.91. The molecule has 3 rings (SSSR count). The normalized spacial score (nSPS) is 12.2. The van der Waals surface area contributed by atoms with Crippen LogP contribution in [-0.4, -0.2) is 35.9 Å². The van der Waals surface area contributed by atoms with Gasteiger partial charge in [0.05, 0.1) is 16.9 Å². The van der Waals surface area contributed by atoms with Crippen molar-refractivity contribution in [1.82, 2.24) is 30.0 Å². The fourth-order valence-electron chi connectivity index (χ4n) is 2.68. The summed E-state index contributed by atoms with van der Waals surface area (Å²) in [5.41, 5.74) is 1.49. The maximum atomic E-state index is 12.7. The van der Waals surface area contributed by atoms with Crippen LogP contribution in [0.4, 0.5) is 5.82 Å². The van der Waals surface area contributed by atoms with E-state index in [1.165, 1.54) is 4.80 Å². The fourth-order valence-corrected chi connectivity index (χ4v) is 2.68. The molecule has 1 aromatic carbocycles. The van der Waals surface area contributed by atoms with Crippen molar-refractivity contribution in [2.24, 2.45) is 5.41 Å². The van der Waals surface area contributed by atoms with Gasteiger partial charge in [-0.05, 0) is 50.0 Å². The summed E-state index contributed by atoms with van der Waals surface area (Å²) >= 11 is 0. The van der Waals surface area contributed by atoms with Gasteiger partial charge in [0.15, 0.2) is 0 Å². The molecule has 0 aliphatic carbocycles. The first-order chi connectivity index (χ1) is 13.0. The van der Waals surface area contributed by atoms with E-state index < -0.39 is 5.91 Å². The number of nitrogens with one attached hydrogen (secondary N) is 1. The second-order valence-electron chi connectivity index (χ2n) is 9.03.